The second kappa shape index (κ2) is 3.81. The fraction of sp³-hybridized carbons (Fsp3) is 0.182. The van der Waals surface area contributed by atoms with Crippen molar-refractivity contribution in [3.05, 3.63) is 48.2 Å². The predicted octanol–water partition coefficient (Wildman–Crippen LogP) is 0.984. The minimum atomic E-state index is 0.0349. The molecule has 76 valence electrons. The van der Waals surface area contributed by atoms with Gasteiger partial charge in [0, 0.05) is 20.3 Å². The summed E-state index contributed by atoms with van der Waals surface area (Å²) in [4.78, 5) is 15.3. The minimum absolute atomic E-state index is 0.0349. The van der Waals surface area contributed by atoms with Crippen LogP contribution in [0.5, 0.6) is 0 Å². The topological polar surface area (TPSA) is 23.6 Å². The van der Waals surface area contributed by atoms with Gasteiger partial charge in [0.05, 0.1) is 5.57 Å². The molecule has 0 spiro atoms. The van der Waals surface area contributed by atoms with Crippen LogP contribution < -0.4 is 0 Å². The van der Waals surface area contributed by atoms with Crippen LogP contribution in [0.2, 0.25) is 0 Å². The molecule has 0 aromatic carbocycles. The lowest BCUT2D eigenvalue weighted by molar-refractivity contribution is -0.124. The second-order valence-corrected chi connectivity index (χ2v) is 3.81. The molecule has 0 radical (unpaired) electrons. The zero-order chi connectivity index (χ0) is 10.8. The molecule has 0 aromatic rings. The molecule has 0 bridgehead atoms. The highest BCUT2D eigenvalue weighted by Gasteiger charge is 2.21. The molecule has 2 heterocycles. The minimum Gasteiger partial charge on any atom is -0.389 e. The Labute approximate surface area is 90.1 Å². The molecule has 2 rings (SSSR count). The van der Waals surface area contributed by atoms with Crippen LogP contribution in [0, 0.1) is 0 Å². The fourth-order valence-corrected chi connectivity index (χ4v) is 1.61. The second-order valence-electron chi connectivity index (χ2n) is 3.81. The number of allylic oxidation sites excluding steroid dienone is 2. The standard InChI is InChI=1S/C11H13BN2O/c1-13(2)11(15)10-5-7-12-6-3-4-8-14(12)9-10/h3-9H,1-2H3. The molecule has 0 N–H and O–H groups in total. The van der Waals surface area contributed by atoms with E-state index in [2.05, 4.69) is 5.98 Å². The Kier molecular flexibility index (Phi) is 2.50. The smallest absolute Gasteiger partial charge is 0.312 e. The summed E-state index contributed by atoms with van der Waals surface area (Å²) in [6.07, 6.45) is 9.71. The van der Waals surface area contributed by atoms with E-state index in [0.717, 1.165) is 5.57 Å². The van der Waals surface area contributed by atoms with Crippen molar-refractivity contribution in [2.24, 2.45) is 0 Å². The molecule has 2 aliphatic heterocycles. The first-order valence-corrected chi connectivity index (χ1v) is 4.92. The molecule has 0 saturated carbocycles. The van der Waals surface area contributed by atoms with Crippen molar-refractivity contribution in [1.82, 2.24) is 9.71 Å². The molecule has 1 amide bonds. The van der Waals surface area contributed by atoms with E-state index in [1.165, 1.54) is 0 Å². The Balaban J connectivity index is 2.21. The summed E-state index contributed by atoms with van der Waals surface area (Å²) in [7, 11) is 3.52. The van der Waals surface area contributed by atoms with Gasteiger partial charge in [0.15, 0.2) is 0 Å². The molecule has 0 aliphatic carbocycles. The van der Waals surface area contributed by atoms with Crippen molar-refractivity contribution in [2.75, 3.05) is 14.1 Å². The Hall–Kier alpha value is -1.71. The molecule has 0 unspecified atom stereocenters. The highest BCUT2D eigenvalue weighted by molar-refractivity contribution is 6.68. The lowest BCUT2D eigenvalue weighted by Gasteiger charge is -2.26. The lowest BCUT2D eigenvalue weighted by Crippen LogP contribution is -2.34. The Morgan fingerprint density at radius 1 is 1.33 bits per heavy atom. The van der Waals surface area contributed by atoms with E-state index in [1.807, 2.05) is 41.4 Å². The van der Waals surface area contributed by atoms with Crippen molar-refractivity contribution >= 4 is 12.8 Å². The summed E-state index contributed by atoms with van der Waals surface area (Å²) in [5.41, 5.74) is 0.719. The molecule has 4 heteroatoms. The number of hydrogen-bond acceptors (Lipinski definition) is 2. The van der Waals surface area contributed by atoms with E-state index in [0.29, 0.717) is 0 Å². The number of fused-ring (bicyclic) bond motifs is 1. The van der Waals surface area contributed by atoms with Crippen molar-refractivity contribution in [2.45, 2.75) is 0 Å². The first-order valence-electron chi connectivity index (χ1n) is 4.92. The summed E-state index contributed by atoms with van der Waals surface area (Å²) in [5.74, 6) is 4.15. The van der Waals surface area contributed by atoms with Gasteiger partial charge < -0.3 is 9.71 Å². The molecule has 15 heavy (non-hydrogen) atoms. The molecular weight excluding hydrogens is 187 g/mol. The number of nitrogens with zero attached hydrogens (tertiary/aromatic N) is 2. The SMILES string of the molecule is CN(C)C(=O)C1=CN2C=CC=CB2C=C1. The molecule has 0 fully saturated rings. The zero-order valence-electron chi connectivity index (χ0n) is 8.92. The highest BCUT2D eigenvalue weighted by Crippen LogP contribution is 2.16. The van der Waals surface area contributed by atoms with Crippen LogP contribution in [-0.4, -0.2) is 36.6 Å². The molecule has 0 atom stereocenters. The van der Waals surface area contributed by atoms with Gasteiger partial charge in [0.25, 0.3) is 5.91 Å². The number of likely N-dealkylation sites (N-methyl/N-ethyl adjacent to an activating group) is 1. The maximum atomic E-state index is 11.7. The van der Waals surface area contributed by atoms with Crippen molar-refractivity contribution in [1.29, 1.82) is 0 Å². The molecule has 2 aliphatic rings. The van der Waals surface area contributed by atoms with Crippen LogP contribution in [0.4, 0.5) is 0 Å². The van der Waals surface area contributed by atoms with Crippen LogP contribution in [0.3, 0.4) is 0 Å². The average Bonchev–Trinajstić information content (AvgIpc) is 2.27. The first-order chi connectivity index (χ1) is 7.18. The van der Waals surface area contributed by atoms with Crippen molar-refractivity contribution in [3.63, 3.8) is 0 Å². The number of carbonyl (C=O) groups excluding carboxylic acids is 1. The van der Waals surface area contributed by atoms with Gasteiger partial charge in [-0.15, -0.1) is 0 Å². The maximum Gasteiger partial charge on any atom is 0.312 e. The van der Waals surface area contributed by atoms with Gasteiger partial charge in [-0.2, -0.15) is 0 Å². The fourth-order valence-electron chi connectivity index (χ4n) is 1.61. The predicted molar refractivity (Wildman–Crippen MR) is 61.8 cm³/mol. The lowest BCUT2D eigenvalue weighted by atomic mass is 9.58. The number of carbonyl (C=O) groups is 1. The molecule has 0 aromatic heterocycles. The Bertz CT molecular complexity index is 393. The van der Waals surface area contributed by atoms with Crippen LogP contribution in [-0.2, 0) is 4.79 Å². The highest BCUT2D eigenvalue weighted by atomic mass is 16.2. The summed E-state index contributed by atoms with van der Waals surface area (Å²) >= 11 is 0. The summed E-state index contributed by atoms with van der Waals surface area (Å²) in [5, 5.41) is 0. The summed E-state index contributed by atoms with van der Waals surface area (Å²) in [6.45, 7) is 0.258. The Morgan fingerprint density at radius 3 is 2.87 bits per heavy atom. The van der Waals surface area contributed by atoms with Gasteiger partial charge in [0.1, 0.15) is 0 Å². The van der Waals surface area contributed by atoms with Crippen LogP contribution in [0.1, 0.15) is 0 Å². The van der Waals surface area contributed by atoms with E-state index in [9.17, 15) is 4.79 Å². The van der Waals surface area contributed by atoms with E-state index in [1.54, 1.807) is 19.0 Å². The molecule has 0 saturated heterocycles. The normalized spacial score (nSPS) is 17.6. The van der Waals surface area contributed by atoms with Gasteiger partial charge >= 0.3 is 6.85 Å². The third kappa shape index (κ3) is 1.88. The van der Waals surface area contributed by atoms with Gasteiger partial charge in [-0.05, 0) is 12.3 Å². The summed E-state index contributed by atoms with van der Waals surface area (Å²) < 4.78 is 0. The quantitative estimate of drug-likeness (QED) is 0.589. The number of hydrogen-bond donors (Lipinski definition) is 0. The third-order valence-corrected chi connectivity index (χ3v) is 2.44. The monoisotopic (exact) mass is 200 g/mol. The van der Waals surface area contributed by atoms with Gasteiger partial charge in [-0.3, -0.25) is 4.79 Å². The van der Waals surface area contributed by atoms with Gasteiger partial charge in [-0.1, -0.05) is 24.1 Å². The van der Waals surface area contributed by atoms with Crippen LogP contribution in [0.25, 0.3) is 0 Å². The van der Waals surface area contributed by atoms with Crippen LogP contribution >= 0.6 is 0 Å². The molecular formula is C11H13BN2O. The first kappa shape index (κ1) is 9.83. The van der Waals surface area contributed by atoms with E-state index in [-0.39, 0.29) is 12.8 Å². The van der Waals surface area contributed by atoms with Crippen LogP contribution in [0.15, 0.2) is 48.2 Å². The number of amides is 1. The zero-order valence-corrected chi connectivity index (χ0v) is 8.92. The number of rotatable bonds is 1. The van der Waals surface area contributed by atoms with Crippen molar-refractivity contribution < 1.29 is 4.79 Å². The van der Waals surface area contributed by atoms with Crippen molar-refractivity contribution in [3.8, 4) is 0 Å². The summed E-state index contributed by atoms with van der Waals surface area (Å²) in [6, 6.07) is 0. The van der Waals surface area contributed by atoms with Gasteiger partial charge in [0.2, 0.25) is 0 Å². The Morgan fingerprint density at radius 2 is 2.13 bits per heavy atom. The van der Waals surface area contributed by atoms with Gasteiger partial charge in [-0.25, -0.2) is 0 Å². The third-order valence-electron chi connectivity index (χ3n) is 2.44. The largest absolute Gasteiger partial charge is 0.389 e. The van der Waals surface area contributed by atoms with E-state index >= 15 is 0 Å². The molecule has 3 nitrogen and oxygen atoms in total. The maximum absolute atomic E-state index is 11.7. The van der Waals surface area contributed by atoms with E-state index < -0.39 is 0 Å². The average molecular weight is 200 g/mol. The van der Waals surface area contributed by atoms with E-state index in [4.69, 9.17) is 0 Å².